The fourth-order valence-electron chi connectivity index (χ4n) is 2.08. The SMILES string of the molecule is Cc1cc(N=Nc2cc(C)c(Br)c(C)c2)cc(C)c1Br. The quantitative estimate of drug-likeness (QED) is 0.496. The Hall–Kier alpha value is -1.00. The molecule has 0 amide bonds. The molecule has 0 aromatic heterocycles. The number of hydrogen-bond acceptors (Lipinski definition) is 2. The van der Waals surface area contributed by atoms with Gasteiger partial charge in [0.05, 0.1) is 11.4 Å². The van der Waals surface area contributed by atoms with E-state index in [0.717, 1.165) is 20.3 Å². The number of halogens is 2. The first kappa shape index (κ1) is 15.4. The molecule has 0 aliphatic heterocycles. The van der Waals surface area contributed by atoms with E-state index >= 15 is 0 Å². The molecule has 0 radical (unpaired) electrons. The lowest BCUT2D eigenvalue weighted by molar-refractivity contribution is 1.19. The van der Waals surface area contributed by atoms with Crippen molar-refractivity contribution >= 4 is 43.2 Å². The van der Waals surface area contributed by atoms with Crippen LogP contribution < -0.4 is 0 Å². The standard InChI is InChI=1S/C16H16Br2N2/c1-9-5-13(6-10(2)15(9)17)19-20-14-7-11(3)16(18)12(4)8-14/h5-8H,1-4H3. The fraction of sp³-hybridized carbons (Fsp3) is 0.250. The topological polar surface area (TPSA) is 24.7 Å². The number of azo groups is 1. The third kappa shape index (κ3) is 3.36. The molecule has 20 heavy (non-hydrogen) atoms. The fourth-order valence-corrected chi connectivity index (χ4v) is 2.53. The van der Waals surface area contributed by atoms with E-state index in [2.05, 4.69) is 69.8 Å². The molecular formula is C16H16Br2N2. The Labute approximate surface area is 136 Å². The Morgan fingerprint density at radius 3 is 1.10 bits per heavy atom. The van der Waals surface area contributed by atoms with Gasteiger partial charge < -0.3 is 0 Å². The molecule has 0 fully saturated rings. The summed E-state index contributed by atoms with van der Waals surface area (Å²) in [7, 11) is 0. The second-order valence-electron chi connectivity index (χ2n) is 4.99. The molecular weight excluding hydrogens is 380 g/mol. The smallest absolute Gasteiger partial charge is 0.0863 e. The first-order valence-corrected chi connectivity index (χ1v) is 7.92. The first-order valence-electron chi connectivity index (χ1n) is 6.33. The third-order valence-corrected chi connectivity index (χ3v) is 5.63. The molecule has 0 spiro atoms. The molecule has 2 aromatic carbocycles. The summed E-state index contributed by atoms with van der Waals surface area (Å²) in [5, 5.41) is 8.68. The van der Waals surface area contributed by atoms with Gasteiger partial charge in [-0.25, -0.2) is 0 Å². The van der Waals surface area contributed by atoms with E-state index < -0.39 is 0 Å². The van der Waals surface area contributed by atoms with Crippen LogP contribution in [0.4, 0.5) is 11.4 Å². The molecule has 104 valence electrons. The van der Waals surface area contributed by atoms with Crippen molar-refractivity contribution in [2.75, 3.05) is 0 Å². The van der Waals surface area contributed by atoms with Crippen LogP contribution in [-0.4, -0.2) is 0 Å². The van der Waals surface area contributed by atoms with Crippen LogP contribution >= 0.6 is 31.9 Å². The van der Waals surface area contributed by atoms with E-state index in [0.29, 0.717) is 0 Å². The van der Waals surface area contributed by atoms with Crippen molar-refractivity contribution in [3.05, 3.63) is 55.5 Å². The zero-order valence-electron chi connectivity index (χ0n) is 12.0. The third-order valence-electron chi connectivity index (χ3n) is 3.12. The summed E-state index contributed by atoms with van der Waals surface area (Å²) < 4.78 is 2.26. The second kappa shape index (κ2) is 6.19. The van der Waals surface area contributed by atoms with Crippen LogP contribution in [0.5, 0.6) is 0 Å². The number of aryl methyl sites for hydroxylation is 4. The Kier molecular flexibility index (Phi) is 4.76. The number of benzene rings is 2. The van der Waals surface area contributed by atoms with Gasteiger partial charge >= 0.3 is 0 Å². The predicted molar refractivity (Wildman–Crippen MR) is 91.4 cm³/mol. The molecule has 0 bridgehead atoms. The molecule has 0 aliphatic carbocycles. The highest BCUT2D eigenvalue weighted by molar-refractivity contribution is 9.10. The van der Waals surface area contributed by atoms with Crippen molar-refractivity contribution in [1.29, 1.82) is 0 Å². The summed E-state index contributed by atoms with van der Waals surface area (Å²) in [5.74, 6) is 0. The summed E-state index contributed by atoms with van der Waals surface area (Å²) >= 11 is 7.12. The predicted octanol–water partition coefficient (Wildman–Crippen LogP) is 6.86. The van der Waals surface area contributed by atoms with Gasteiger partial charge in [0.25, 0.3) is 0 Å². The minimum atomic E-state index is 0.876. The van der Waals surface area contributed by atoms with Gasteiger partial charge in [-0.15, -0.1) is 0 Å². The van der Waals surface area contributed by atoms with Crippen molar-refractivity contribution < 1.29 is 0 Å². The normalized spacial score (nSPS) is 11.3. The first-order chi connectivity index (χ1) is 9.38. The molecule has 0 N–H and O–H groups in total. The lowest BCUT2D eigenvalue weighted by atomic mass is 10.1. The zero-order chi connectivity index (χ0) is 14.9. The lowest BCUT2D eigenvalue weighted by Crippen LogP contribution is -1.81. The maximum Gasteiger partial charge on any atom is 0.0863 e. The van der Waals surface area contributed by atoms with E-state index in [1.54, 1.807) is 0 Å². The maximum absolute atomic E-state index is 4.34. The molecule has 0 heterocycles. The molecule has 4 heteroatoms. The van der Waals surface area contributed by atoms with Gasteiger partial charge in [0.2, 0.25) is 0 Å². The van der Waals surface area contributed by atoms with Gasteiger partial charge in [-0.2, -0.15) is 10.2 Å². The molecule has 0 atom stereocenters. The minimum Gasteiger partial charge on any atom is -0.151 e. The van der Waals surface area contributed by atoms with Crippen LogP contribution in [0.1, 0.15) is 22.3 Å². The van der Waals surface area contributed by atoms with Crippen molar-refractivity contribution in [3.8, 4) is 0 Å². The van der Waals surface area contributed by atoms with Gasteiger partial charge in [0.15, 0.2) is 0 Å². The number of nitrogens with zero attached hydrogens (tertiary/aromatic N) is 2. The van der Waals surface area contributed by atoms with Gasteiger partial charge in [0.1, 0.15) is 0 Å². The molecule has 0 unspecified atom stereocenters. The highest BCUT2D eigenvalue weighted by atomic mass is 79.9. The zero-order valence-corrected chi connectivity index (χ0v) is 15.1. The van der Waals surface area contributed by atoms with E-state index in [1.807, 2.05) is 24.3 Å². The molecule has 2 nitrogen and oxygen atoms in total. The Morgan fingerprint density at radius 1 is 0.600 bits per heavy atom. The highest BCUT2D eigenvalue weighted by Gasteiger charge is 2.03. The van der Waals surface area contributed by atoms with Crippen LogP contribution in [0.2, 0.25) is 0 Å². The van der Waals surface area contributed by atoms with E-state index in [9.17, 15) is 0 Å². The van der Waals surface area contributed by atoms with E-state index in [4.69, 9.17) is 0 Å². The van der Waals surface area contributed by atoms with Gasteiger partial charge in [-0.05, 0) is 74.2 Å². The molecule has 0 saturated carbocycles. The minimum absolute atomic E-state index is 0.876. The molecule has 0 aliphatic rings. The average molecular weight is 396 g/mol. The van der Waals surface area contributed by atoms with Crippen molar-refractivity contribution in [1.82, 2.24) is 0 Å². The maximum atomic E-state index is 4.34. The summed E-state index contributed by atoms with van der Waals surface area (Å²) in [6.45, 7) is 8.24. The van der Waals surface area contributed by atoms with Crippen LogP contribution in [0.15, 0.2) is 43.4 Å². The second-order valence-corrected chi connectivity index (χ2v) is 6.57. The largest absolute Gasteiger partial charge is 0.151 e. The van der Waals surface area contributed by atoms with Crippen molar-refractivity contribution in [2.24, 2.45) is 10.2 Å². The Bertz CT molecular complexity index is 585. The Balaban J connectivity index is 2.35. The average Bonchev–Trinajstić information content (AvgIpc) is 2.39. The van der Waals surface area contributed by atoms with Gasteiger partial charge in [0, 0.05) is 8.95 Å². The number of rotatable bonds is 2. The van der Waals surface area contributed by atoms with Crippen molar-refractivity contribution in [2.45, 2.75) is 27.7 Å². The van der Waals surface area contributed by atoms with Crippen LogP contribution in [0.25, 0.3) is 0 Å². The molecule has 2 rings (SSSR count). The van der Waals surface area contributed by atoms with Gasteiger partial charge in [-0.3, -0.25) is 0 Å². The van der Waals surface area contributed by atoms with Crippen LogP contribution in [-0.2, 0) is 0 Å². The molecule has 2 aromatic rings. The number of hydrogen-bond donors (Lipinski definition) is 0. The van der Waals surface area contributed by atoms with Crippen LogP contribution in [0.3, 0.4) is 0 Å². The molecule has 0 saturated heterocycles. The van der Waals surface area contributed by atoms with Crippen molar-refractivity contribution in [3.63, 3.8) is 0 Å². The highest BCUT2D eigenvalue weighted by Crippen LogP contribution is 2.30. The monoisotopic (exact) mass is 394 g/mol. The summed E-state index contributed by atoms with van der Waals surface area (Å²) in [4.78, 5) is 0. The van der Waals surface area contributed by atoms with E-state index in [-0.39, 0.29) is 0 Å². The summed E-state index contributed by atoms with van der Waals surface area (Å²) in [6, 6.07) is 8.11. The van der Waals surface area contributed by atoms with Crippen LogP contribution in [0, 0.1) is 27.7 Å². The van der Waals surface area contributed by atoms with Gasteiger partial charge in [-0.1, -0.05) is 31.9 Å². The lowest BCUT2D eigenvalue weighted by Gasteiger charge is -2.05. The Morgan fingerprint density at radius 2 is 0.850 bits per heavy atom. The summed E-state index contributed by atoms with van der Waals surface area (Å²) in [6.07, 6.45) is 0. The summed E-state index contributed by atoms with van der Waals surface area (Å²) in [5.41, 5.74) is 6.43. The van der Waals surface area contributed by atoms with E-state index in [1.165, 1.54) is 22.3 Å².